The summed E-state index contributed by atoms with van der Waals surface area (Å²) in [5.41, 5.74) is 0.859. The first-order chi connectivity index (χ1) is 6.22. The molecule has 0 aliphatic carbocycles. The van der Waals surface area contributed by atoms with E-state index in [-0.39, 0.29) is 5.91 Å². The van der Waals surface area contributed by atoms with Crippen LogP contribution in [-0.2, 0) is 4.79 Å². The summed E-state index contributed by atoms with van der Waals surface area (Å²) in [4.78, 5) is 11.2. The number of hydrogen-bond acceptors (Lipinski definition) is 1. The van der Waals surface area contributed by atoms with Gasteiger partial charge in [-0.2, -0.15) is 0 Å². The molecule has 0 aliphatic rings. The van der Waals surface area contributed by atoms with Gasteiger partial charge in [-0.15, -0.1) is 0 Å². The summed E-state index contributed by atoms with van der Waals surface area (Å²) >= 11 is 5.43. The largest absolute Gasteiger partial charge is 0.326 e. The van der Waals surface area contributed by atoms with E-state index in [1.54, 1.807) is 0 Å². The van der Waals surface area contributed by atoms with E-state index in [9.17, 15) is 4.79 Å². The van der Waals surface area contributed by atoms with Crippen LogP contribution in [0.1, 0.15) is 6.42 Å². The van der Waals surface area contributed by atoms with Gasteiger partial charge >= 0.3 is 0 Å². The van der Waals surface area contributed by atoms with Gasteiger partial charge < -0.3 is 5.32 Å². The normalized spacial score (nSPS) is 9.69. The number of hydrogen-bond donors (Lipinski definition) is 1. The standard InChI is InChI=1S/C9H9BrINO/c10-5-4-9(13)12-8-3-1-2-7(11)6-8/h1-3,6H,4-5H2,(H,12,13). The molecule has 0 spiro atoms. The maximum atomic E-state index is 11.2. The topological polar surface area (TPSA) is 29.1 Å². The van der Waals surface area contributed by atoms with Gasteiger partial charge in [0, 0.05) is 21.0 Å². The average molecular weight is 354 g/mol. The van der Waals surface area contributed by atoms with Crippen molar-refractivity contribution < 1.29 is 4.79 Å². The molecule has 1 amide bonds. The SMILES string of the molecule is O=C(CCBr)Nc1cccc(I)c1. The molecular weight excluding hydrogens is 345 g/mol. The van der Waals surface area contributed by atoms with Crippen molar-refractivity contribution in [2.75, 3.05) is 10.6 Å². The van der Waals surface area contributed by atoms with E-state index in [1.807, 2.05) is 24.3 Å². The van der Waals surface area contributed by atoms with E-state index >= 15 is 0 Å². The lowest BCUT2D eigenvalue weighted by molar-refractivity contribution is -0.115. The summed E-state index contributed by atoms with van der Waals surface area (Å²) < 4.78 is 1.12. The Morgan fingerprint density at radius 3 is 2.92 bits per heavy atom. The Bertz CT molecular complexity index is 303. The number of carbonyl (C=O) groups is 1. The second-order valence-electron chi connectivity index (χ2n) is 2.50. The van der Waals surface area contributed by atoms with Crippen LogP contribution >= 0.6 is 38.5 Å². The van der Waals surface area contributed by atoms with Crippen LogP contribution in [0.3, 0.4) is 0 Å². The molecule has 0 heterocycles. The van der Waals surface area contributed by atoms with Gasteiger partial charge in [-0.25, -0.2) is 0 Å². The van der Waals surface area contributed by atoms with Crippen molar-refractivity contribution in [1.82, 2.24) is 0 Å². The fourth-order valence-corrected chi connectivity index (χ4v) is 1.78. The van der Waals surface area contributed by atoms with Gasteiger partial charge in [-0.1, -0.05) is 22.0 Å². The van der Waals surface area contributed by atoms with E-state index in [2.05, 4.69) is 43.8 Å². The fourth-order valence-electron chi connectivity index (χ4n) is 0.876. The number of amides is 1. The van der Waals surface area contributed by atoms with E-state index in [4.69, 9.17) is 0 Å². The molecule has 0 saturated heterocycles. The lowest BCUT2D eigenvalue weighted by Crippen LogP contribution is -2.11. The lowest BCUT2D eigenvalue weighted by Gasteiger charge is -2.03. The summed E-state index contributed by atoms with van der Waals surface area (Å²) in [7, 11) is 0. The van der Waals surface area contributed by atoms with E-state index in [1.165, 1.54) is 0 Å². The third kappa shape index (κ3) is 4.08. The van der Waals surface area contributed by atoms with Crippen LogP contribution in [-0.4, -0.2) is 11.2 Å². The summed E-state index contributed by atoms with van der Waals surface area (Å²) in [6.07, 6.45) is 0.505. The van der Waals surface area contributed by atoms with E-state index in [0.29, 0.717) is 11.8 Å². The number of nitrogens with one attached hydrogen (secondary N) is 1. The minimum absolute atomic E-state index is 0.0406. The summed E-state index contributed by atoms with van der Waals surface area (Å²) in [6.45, 7) is 0. The van der Waals surface area contributed by atoms with Gasteiger partial charge in [-0.05, 0) is 40.8 Å². The molecule has 0 unspecified atom stereocenters. The van der Waals surface area contributed by atoms with Gasteiger partial charge in [0.05, 0.1) is 0 Å². The monoisotopic (exact) mass is 353 g/mol. The highest BCUT2D eigenvalue weighted by molar-refractivity contribution is 14.1. The maximum absolute atomic E-state index is 11.2. The first-order valence-corrected chi connectivity index (χ1v) is 6.04. The molecule has 4 heteroatoms. The van der Waals surface area contributed by atoms with Crippen LogP contribution in [0.4, 0.5) is 5.69 Å². The molecule has 0 aliphatic heterocycles. The molecule has 2 nitrogen and oxygen atoms in total. The van der Waals surface area contributed by atoms with Gasteiger partial charge in [0.25, 0.3) is 0 Å². The molecular formula is C9H9BrINO. The maximum Gasteiger partial charge on any atom is 0.225 e. The van der Waals surface area contributed by atoms with Gasteiger partial charge in [0.2, 0.25) is 5.91 Å². The Labute approximate surface area is 99.4 Å². The molecule has 1 N–H and O–H groups in total. The van der Waals surface area contributed by atoms with Crippen molar-refractivity contribution in [1.29, 1.82) is 0 Å². The molecule has 0 atom stereocenters. The number of rotatable bonds is 3. The van der Waals surface area contributed by atoms with E-state index < -0.39 is 0 Å². The highest BCUT2D eigenvalue weighted by Gasteiger charge is 2.00. The summed E-state index contributed by atoms with van der Waals surface area (Å²) in [5, 5.41) is 3.51. The first-order valence-electron chi connectivity index (χ1n) is 3.84. The average Bonchev–Trinajstić information content (AvgIpc) is 2.04. The molecule has 0 aromatic heterocycles. The Morgan fingerprint density at radius 1 is 1.54 bits per heavy atom. The molecule has 0 radical (unpaired) electrons. The zero-order chi connectivity index (χ0) is 9.68. The Morgan fingerprint density at radius 2 is 2.31 bits per heavy atom. The molecule has 1 aromatic rings. The van der Waals surface area contributed by atoms with Crippen molar-refractivity contribution in [3.8, 4) is 0 Å². The fraction of sp³-hybridized carbons (Fsp3) is 0.222. The van der Waals surface area contributed by atoms with Gasteiger partial charge in [0.15, 0.2) is 0 Å². The second kappa shape index (κ2) is 5.59. The minimum atomic E-state index is 0.0406. The van der Waals surface area contributed by atoms with Crippen molar-refractivity contribution in [2.24, 2.45) is 0 Å². The van der Waals surface area contributed by atoms with Crippen molar-refractivity contribution >= 4 is 50.1 Å². The number of benzene rings is 1. The third-order valence-corrected chi connectivity index (χ3v) is 2.50. The predicted molar refractivity (Wildman–Crippen MR) is 66.2 cm³/mol. The van der Waals surface area contributed by atoms with Crippen LogP contribution in [0.25, 0.3) is 0 Å². The van der Waals surface area contributed by atoms with Crippen LogP contribution < -0.4 is 5.32 Å². The highest BCUT2D eigenvalue weighted by Crippen LogP contribution is 2.12. The molecule has 13 heavy (non-hydrogen) atoms. The third-order valence-electron chi connectivity index (χ3n) is 1.43. The van der Waals surface area contributed by atoms with Gasteiger partial charge in [0.1, 0.15) is 0 Å². The quantitative estimate of drug-likeness (QED) is 0.656. The molecule has 1 rings (SSSR count). The van der Waals surface area contributed by atoms with Crippen molar-refractivity contribution in [3.63, 3.8) is 0 Å². The van der Waals surface area contributed by atoms with E-state index in [0.717, 1.165) is 9.26 Å². The molecule has 0 bridgehead atoms. The number of alkyl halides is 1. The zero-order valence-corrected chi connectivity index (χ0v) is 10.6. The predicted octanol–water partition coefficient (Wildman–Crippen LogP) is 3.01. The summed E-state index contributed by atoms with van der Waals surface area (Å²) in [6, 6.07) is 7.73. The summed E-state index contributed by atoms with van der Waals surface area (Å²) in [5.74, 6) is 0.0406. The van der Waals surface area contributed by atoms with Gasteiger partial charge in [-0.3, -0.25) is 4.79 Å². The first kappa shape index (κ1) is 11.0. The molecule has 1 aromatic carbocycles. The van der Waals surface area contributed by atoms with Crippen LogP contribution in [0, 0.1) is 3.57 Å². The highest BCUT2D eigenvalue weighted by atomic mass is 127. The molecule has 0 saturated carbocycles. The number of anilines is 1. The number of halogens is 2. The second-order valence-corrected chi connectivity index (χ2v) is 4.54. The molecule has 70 valence electrons. The Kier molecular flexibility index (Phi) is 4.72. The van der Waals surface area contributed by atoms with Crippen LogP contribution in [0.2, 0.25) is 0 Å². The minimum Gasteiger partial charge on any atom is -0.326 e. The number of carbonyl (C=O) groups excluding carboxylic acids is 1. The van der Waals surface area contributed by atoms with Crippen molar-refractivity contribution in [3.05, 3.63) is 27.8 Å². The lowest BCUT2D eigenvalue weighted by atomic mass is 10.3. The zero-order valence-electron chi connectivity index (χ0n) is 6.89. The molecule has 0 fully saturated rings. The Balaban J connectivity index is 2.58. The van der Waals surface area contributed by atoms with Crippen LogP contribution in [0.15, 0.2) is 24.3 Å². The smallest absolute Gasteiger partial charge is 0.225 e. The van der Waals surface area contributed by atoms with Crippen molar-refractivity contribution in [2.45, 2.75) is 6.42 Å². The Hall–Kier alpha value is -0.100. The van der Waals surface area contributed by atoms with Crippen LogP contribution in [0.5, 0.6) is 0 Å².